The molecule has 2 nitrogen and oxygen atoms in total. The Hall–Kier alpha value is -6.12. The molecule has 0 radical (unpaired) electrons. The van der Waals surface area contributed by atoms with Gasteiger partial charge in [-0.2, -0.15) is 0 Å². The first-order chi connectivity index (χ1) is 23.8. The van der Waals surface area contributed by atoms with Crippen LogP contribution >= 0.6 is 0 Å². The normalized spacial score (nSPS) is 15.9. The minimum Gasteiger partial charge on any atom is -0.485 e. The van der Waals surface area contributed by atoms with E-state index in [-0.39, 0.29) is 12.0 Å². The third kappa shape index (κ3) is 4.99. The van der Waals surface area contributed by atoms with Crippen molar-refractivity contribution in [2.75, 3.05) is 4.90 Å². The van der Waals surface area contributed by atoms with Crippen molar-refractivity contribution in [2.45, 2.75) is 12.0 Å². The molecule has 0 spiro atoms. The van der Waals surface area contributed by atoms with Crippen LogP contribution < -0.4 is 9.64 Å². The zero-order chi connectivity index (χ0) is 31.9. The van der Waals surface area contributed by atoms with Gasteiger partial charge in [-0.15, -0.1) is 0 Å². The number of hydrogen-bond donors (Lipinski definition) is 0. The van der Waals surface area contributed by atoms with Gasteiger partial charge in [0.25, 0.3) is 0 Å². The van der Waals surface area contributed by atoms with Crippen LogP contribution in [0.25, 0.3) is 44.2 Å². The maximum atomic E-state index is 6.64. The van der Waals surface area contributed by atoms with E-state index < -0.39 is 0 Å². The van der Waals surface area contributed by atoms with Crippen molar-refractivity contribution in [2.24, 2.45) is 0 Å². The quantitative estimate of drug-likeness (QED) is 0.185. The minimum atomic E-state index is 0.00405. The van der Waals surface area contributed by atoms with E-state index in [1.807, 2.05) is 0 Å². The lowest BCUT2D eigenvalue weighted by Gasteiger charge is -2.29. The summed E-state index contributed by atoms with van der Waals surface area (Å²) in [5, 5.41) is 2.46. The second-order valence-corrected chi connectivity index (χ2v) is 12.5. The van der Waals surface area contributed by atoms with Crippen LogP contribution in [-0.2, 0) is 0 Å². The van der Waals surface area contributed by atoms with E-state index in [1.54, 1.807) is 0 Å². The summed E-state index contributed by atoms with van der Waals surface area (Å²) < 4.78 is 6.64. The third-order valence-electron chi connectivity index (χ3n) is 9.62. The Balaban J connectivity index is 1.27. The largest absolute Gasteiger partial charge is 0.485 e. The van der Waals surface area contributed by atoms with E-state index in [2.05, 4.69) is 193 Å². The van der Waals surface area contributed by atoms with Gasteiger partial charge in [-0.3, -0.25) is 0 Å². The van der Waals surface area contributed by atoms with Gasteiger partial charge in [0.05, 0.1) is 5.69 Å². The highest BCUT2D eigenvalue weighted by Gasteiger charge is 2.34. The molecule has 0 bridgehead atoms. The van der Waals surface area contributed by atoms with Crippen LogP contribution in [0.2, 0.25) is 0 Å². The van der Waals surface area contributed by atoms with Crippen molar-refractivity contribution in [3.63, 3.8) is 0 Å². The molecule has 9 rings (SSSR count). The molecular formula is C46H33NO. The highest BCUT2D eigenvalue weighted by molar-refractivity contribution is 6.02. The molecule has 0 saturated heterocycles. The first-order valence-electron chi connectivity index (χ1n) is 16.6. The number of benzene rings is 7. The molecule has 0 fully saturated rings. The van der Waals surface area contributed by atoms with Gasteiger partial charge < -0.3 is 9.64 Å². The van der Waals surface area contributed by atoms with Gasteiger partial charge in [0, 0.05) is 34.5 Å². The zero-order valence-corrected chi connectivity index (χ0v) is 26.4. The second-order valence-electron chi connectivity index (χ2n) is 12.5. The molecule has 2 atom stereocenters. The number of nitrogens with zero attached hydrogens (tertiary/aromatic N) is 1. The lowest BCUT2D eigenvalue weighted by atomic mass is 9.88. The van der Waals surface area contributed by atoms with Gasteiger partial charge >= 0.3 is 0 Å². The Kier molecular flexibility index (Phi) is 6.98. The van der Waals surface area contributed by atoms with Crippen molar-refractivity contribution in [3.05, 3.63) is 194 Å². The molecule has 48 heavy (non-hydrogen) atoms. The highest BCUT2D eigenvalue weighted by Crippen LogP contribution is 2.50. The first-order valence-corrected chi connectivity index (χ1v) is 16.6. The molecule has 2 unspecified atom stereocenters. The lowest BCUT2D eigenvalue weighted by Crippen LogP contribution is -2.15. The van der Waals surface area contributed by atoms with E-state index in [4.69, 9.17) is 4.74 Å². The molecule has 7 aromatic rings. The van der Waals surface area contributed by atoms with Crippen LogP contribution in [-0.4, -0.2) is 6.10 Å². The molecule has 0 saturated carbocycles. The Bertz CT molecular complexity index is 2210. The Morgan fingerprint density at radius 3 is 1.69 bits per heavy atom. The highest BCUT2D eigenvalue weighted by atomic mass is 16.5. The topological polar surface area (TPSA) is 12.5 Å². The maximum Gasteiger partial charge on any atom is 0.128 e. The Morgan fingerprint density at radius 1 is 0.458 bits per heavy atom. The summed E-state index contributed by atoms with van der Waals surface area (Å²) in [7, 11) is 0. The number of allylic oxidation sites excluding steroid dienone is 2. The van der Waals surface area contributed by atoms with Crippen LogP contribution in [0, 0.1) is 0 Å². The van der Waals surface area contributed by atoms with Gasteiger partial charge in [0.1, 0.15) is 11.9 Å². The number of fused-ring (bicyclic) bond motifs is 4. The predicted octanol–water partition coefficient (Wildman–Crippen LogP) is 12.3. The lowest BCUT2D eigenvalue weighted by molar-refractivity contribution is 0.269. The Labute approximate surface area is 281 Å². The molecule has 2 heteroatoms. The monoisotopic (exact) mass is 615 g/mol. The summed E-state index contributed by atoms with van der Waals surface area (Å²) in [6, 6.07) is 58.9. The number of anilines is 3. The average Bonchev–Trinajstić information content (AvgIpc) is 3.53. The van der Waals surface area contributed by atoms with Crippen molar-refractivity contribution in [1.29, 1.82) is 0 Å². The number of hydrogen-bond acceptors (Lipinski definition) is 2. The summed E-state index contributed by atoms with van der Waals surface area (Å²) in [6.07, 6.45) is 8.67. The molecule has 0 N–H and O–H groups in total. The molecule has 0 amide bonds. The molecule has 1 heterocycles. The van der Waals surface area contributed by atoms with Crippen LogP contribution in [0.3, 0.4) is 0 Å². The summed E-state index contributed by atoms with van der Waals surface area (Å²) in [4.78, 5) is 2.39. The smallest absolute Gasteiger partial charge is 0.128 e. The summed E-state index contributed by atoms with van der Waals surface area (Å²) in [5.41, 5.74) is 11.6. The zero-order valence-electron chi connectivity index (χ0n) is 26.4. The Morgan fingerprint density at radius 2 is 1.02 bits per heavy atom. The molecule has 1 aliphatic carbocycles. The second kappa shape index (κ2) is 11.9. The van der Waals surface area contributed by atoms with E-state index >= 15 is 0 Å². The predicted molar refractivity (Wildman–Crippen MR) is 200 cm³/mol. The third-order valence-corrected chi connectivity index (χ3v) is 9.62. The minimum absolute atomic E-state index is 0.00405. The fourth-order valence-electron chi connectivity index (χ4n) is 7.23. The molecule has 7 aromatic carbocycles. The van der Waals surface area contributed by atoms with Gasteiger partial charge in [-0.1, -0.05) is 146 Å². The molecular weight excluding hydrogens is 583 g/mol. The maximum absolute atomic E-state index is 6.64. The molecule has 1 aliphatic heterocycles. The van der Waals surface area contributed by atoms with Crippen LogP contribution in [0.1, 0.15) is 11.5 Å². The van der Waals surface area contributed by atoms with Gasteiger partial charge in [-0.25, -0.2) is 0 Å². The fourth-order valence-corrected chi connectivity index (χ4v) is 7.23. The molecule has 2 aliphatic rings. The van der Waals surface area contributed by atoms with Crippen molar-refractivity contribution in [1.82, 2.24) is 0 Å². The van der Waals surface area contributed by atoms with Crippen LogP contribution in [0.4, 0.5) is 17.1 Å². The first kappa shape index (κ1) is 28.1. The molecule has 0 aromatic heterocycles. The standard InChI is InChI=1S/C46H33NO/c1-3-12-32(13-4-1)34-22-26-37(27-23-34)47(38-28-24-35(25-29-38)33-14-5-2-6-15-33)44-31-46-43(41-19-9-10-21-45(41)48-46)30-42(44)40-20-11-17-36-16-7-8-18-39(36)40/h1-31,41,45H. The summed E-state index contributed by atoms with van der Waals surface area (Å²) >= 11 is 0. The van der Waals surface area contributed by atoms with Crippen molar-refractivity contribution < 1.29 is 4.74 Å². The summed E-state index contributed by atoms with van der Waals surface area (Å²) in [5.74, 6) is 1.13. The molecule has 228 valence electrons. The van der Waals surface area contributed by atoms with E-state index in [0.717, 1.165) is 22.8 Å². The van der Waals surface area contributed by atoms with E-state index in [9.17, 15) is 0 Å². The fraction of sp³-hybridized carbons (Fsp3) is 0.0435. The number of rotatable bonds is 6. The number of ether oxygens (including phenoxy) is 1. The van der Waals surface area contributed by atoms with Crippen molar-refractivity contribution >= 4 is 27.8 Å². The van der Waals surface area contributed by atoms with Crippen molar-refractivity contribution in [3.8, 4) is 39.1 Å². The average molecular weight is 616 g/mol. The van der Waals surface area contributed by atoms with Gasteiger partial charge in [-0.05, 0) is 75.0 Å². The van der Waals surface area contributed by atoms with E-state index in [0.29, 0.717) is 0 Å². The van der Waals surface area contributed by atoms with E-state index in [1.165, 1.54) is 49.7 Å². The van der Waals surface area contributed by atoms with Gasteiger partial charge in [0.15, 0.2) is 0 Å². The SMILES string of the molecule is C1=CC2Oc3cc(N(c4ccc(-c5ccccc5)cc4)c4ccc(-c5ccccc5)cc4)c(-c4cccc5ccccc45)cc3C2C=C1. The van der Waals surface area contributed by atoms with Gasteiger partial charge in [0.2, 0.25) is 0 Å². The van der Waals surface area contributed by atoms with Crippen LogP contribution in [0.15, 0.2) is 188 Å². The van der Waals surface area contributed by atoms with Crippen LogP contribution in [0.5, 0.6) is 5.75 Å². The summed E-state index contributed by atoms with van der Waals surface area (Å²) in [6.45, 7) is 0.